The molecule has 1 heterocycles. The van der Waals surface area contributed by atoms with Crippen molar-refractivity contribution < 1.29 is 19.2 Å². The van der Waals surface area contributed by atoms with Gasteiger partial charge < -0.3 is 4.74 Å². The zero-order valence-corrected chi connectivity index (χ0v) is 15.0. The van der Waals surface area contributed by atoms with Crippen LogP contribution in [0.3, 0.4) is 0 Å². The van der Waals surface area contributed by atoms with Crippen LogP contribution in [-0.4, -0.2) is 54.3 Å². The molecule has 1 fully saturated rings. The Hall–Kier alpha value is -2.08. The first-order valence-electron chi connectivity index (χ1n) is 8.09. The van der Waals surface area contributed by atoms with Crippen LogP contribution < -0.4 is 0 Å². The van der Waals surface area contributed by atoms with Gasteiger partial charge in [0.15, 0.2) is 0 Å². The summed E-state index contributed by atoms with van der Waals surface area (Å²) < 4.78 is 5.48. The van der Waals surface area contributed by atoms with Crippen LogP contribution in [0.1, 0.15) is 38.7 Å². The number of rotatable bonds is 3. The van der Waals surface area contributed by atoms with Crippen molar-refractivity contribution in [2.24, 2.45) is 0 Å². The van der Waals surface area contributed by atoms with Crippen molar-refractivity contribution in [2.45, 2.75) is 44.8 Å². The second kappa shape index (κ2) is 7.21. The van der Waals surface area contributed by atoms with E-state index in [1.165, 1.54) is 12.0 Å². The van der Waals surface area contributed by atoms with E-state index in [4.69, 9.17) is 9.57 Å². The molecule has 0 aromatic heterocycles. The van der Waals surface area contributed by atoms with Crippen LogP contribution in [0.25, 0.3) is 0 Å². The molecular formula is C18H26N2O4. The molecule has 24 heavy (non-hydrogen) atoms. The number of hydroxylamine groups is 2. The molecule has 1 aliphatic heterocycles. The molecule has 0 N–H and O–H groups in total. The van der Waals surface area contributed by atoms with Gasteiger partial charge in [-0.1, -0.05) is 30.3 Å². The summed E-state index contributed by atoms with van der Waals surface area (Å²) in [6, 6.07) is 9.32. The summed E-state index contributed by atoms with van der Waals surface area (Å²) in [7, 11) is 2.98. The Morgan fingerprint density at radius 1 is 1.21 bits per heavy atom. The number of hydrogen-bond donors (Lipinski definition) is 0. The van der Waals surface area contributed by atoms with Gasteiger partial charge >= 0.3 is 6.09 Å². The van der Waals surface area contributed by atoms with Gasteiger partial charge in [0.1, 0.15) is 11.6 Å². The molecule has 2 rings (SSSR count). The third kappa shape index (κ3) is 4.26. The number of benzene rings is 1. The van der Waals surface area contributed by atoms with Crippen LogP contribution in [0.4, 0.5) is 4.79 Å². The predicted octanol–water partition coefficient (Wildman–Crippen LogP) is 2.80. The highest BCUT2D eigenvalue weighted by molar-refractivity contribution is 5.85. The topological polar surface area (TPSA) is 59.1 Å². The van der Waals surface area contributed by atoms with Gasteiger partial charge in [-0.3, -0.25) is 14.5 Å². The smallest absolute Gasteiger partial charge is 0.410 e. The van der Waals surface area contributed by atoms with Crippen molar-refractivity contribution in [1.29, 1.82) is 0 Å². The maximum atomic E-state index is 12.6. The van der Waals surface area contributed by atoms with Gasteiger partial charge in [-0.15, -0.1) is 0 Å². The zero-order valence-electron chi connectivity index (χ0n) is 15.0. The summed E-state index contributed by atoms with van der Waals surface area (Å²) in [5.74, 6) is -0.153. The fourth-order valence-electron chi connectivity index (χ4n) is 2.86. The standard InChI is InChI=1S/C18H26N2O4/c1-18(2,3)24-17(22)20-12-14(13-9-7-6-8-10-13)11-15(20)16(21)19(4)23-5/h6-10,14-15H,11-12H2,1-5H3/t14-,15+/m1/s1. The predicted molar refractivity (Wildman–Crippen MR) is 90.3 cm³/mol. The molecule has 1 saturated heterocycles. The first-order valence-corrected chi connectivity index (χ1v) is 8.09. The highest BCUT2D eigenvalue weighted by Gasteiger charge is 2.43. The summed E-state index contributed by atoms with van der Waals surface area (Å²) in [5, 5.41) is 1.16. The van der Waals surface area contributed by atoms with Gasteiger partial charge in [-0.2, -0.15) is 0 Å². The van der Waals surface area contributed by atoms with Gasteiger partial charge in [0.05, 0.1) is 7.11 Å². The molecule has 2 atom stereocenters. The highest BCUT2D eigenvalue weighted by Crippen LogP contribution is 2.33. The minimum atomic E-state index is -0.608. The van der Waals surface area contributed by atoms with Crippen LogP contribution in [-0.2, 0) is 14.4 Å². The number of nitrogens with zero attached hydrogens (tertiary/aromatic N) is 2. The van der Waals surface area contributed by atoms with E-state index in [0.29, 0.717) is 13.0 Å². The van der Waals surface area contributed by atoms with E-state index >= 15 is 0 Å². The van der Waals surface area contributed by atoms with Crippen LogP contribution in [0.2, 0.25) is 0 Å². The molecule has 2 amide bonds. The zero-order chi connectivity index (χ0) is 17.9. The summed E-state index contributed by atoms with van der Waals surface area (Å²) in [6.07, 6.45) is 0.0827. The largest absolute Gasteiger partial charge is 0.444 e. The van der Waals surface area contributed by atoms with Crippen molar-refractivity contribution in [3.05, 3.63) is 35.9 Å². The molecule has 0 unspecified atom stereocenters. The van der Waals surface area contributed by atoms with E-state index < -0.39 is 17.7 Å². The average molecular weight is 334 g/mol. The Morgan fingerprint density at radius 2 is 1.83 bits per heavy atom. The number of amides is 2. The molecule has 0 spiro atoms. The van der Waals surface area contributed by atoms with Crippen LogP contribution in [0, 0.1) is 0 Å². The van der Waals surface area contributed by atoms with Crippen molar-refractivity contribution in [1.82, 2.24) is 9.96 Å². The van der Waals surface area contributed by atoms with E-state index in [0.717, 1.165) is 10.6 Å². The van der Waals surface area contributed by atoms with E-state index in [1.807, 2.05) is 51.1 Å². The Balaban J connectivity index is 2.23. The molecule has 0 aliphatic carbocycles. The maximum absolute atomic E-state index is 12.6. The summed E-state index contributed by atoms with van der Waals surface area (Å²) in [5.41, 5.74) is 0.504. The Morgan fingerprint density at radius 3 is 2.38 bits per heavy atom. The molecule has 1 aromatic carbocycles. The first-order chi connectivity index (χ1) is 11.2. The molecule has 6 nitrogen and oxygen atoms in total. The third-order valence-corrected chi connectivity index (χ3v) is 4.07. The highest BCUT2D eigenvalue weighted by atomic mass is 16.7. The maximum Gasteiger partial charge on any atom is 0.410 e. The number of hydrogen-bond acceptors (Lipinski definition) is 4. The Kier molecular flexibility index (Phi) is 5.49. The minimum absolute atomic E-state index is 0.0953. The van der Waals surface area contributed by atoms with Gasteiger partial charge in [0.25, 0.3) is 5.91 Å². The fourth-order valence-corrected chi connectivity index (χ4v) is 2.86. The van der Waals surface area contributed by atoms with Crippen molar-refractivity contribution >= 4 is 12.0 Å². The molecule has 1 aromatic rings. The minimum Gasteiger partial charge on any atom is -0.444 e. The van der Waals surface area contributed by atoms with Gasteiger partial charge in [0, 0.05) is 19.5 Å². The Labute approximate surface area is 143 Å². The van der Waals surface area contributed by atoms with Crippen molar-refractivity contribution in [3.63, 3.8) is 0 Å². The summed E-state index contributed by atoms with van der Waals surface area (Å²) in [4.78, 5) is 31.7. The Bertz CT molecular complexity index is 582. The fraction of sp³-hybridized carbons (Fsp3) is 0.556. The molecule has 6 heteroatoms. The number of likely N-dealkylation sites (tertiary alicyclic amines) is 1. The van der Waals surface area contributed by atoms with E-state index in [9.17, 15) is 9.59 Å². The van der Waals surface area contributed by atoms with E-state index in [2.05, 4.69) is 0 Å². The molecule has 0 radical (unpaired) electrons. The lowest BCUT2D eigenvalue weighted by Gasteiger charge is -2.29. The molecular weight excluding hydrogens is 308 g/mol. The number of carbonyl (C=O) groups excluding carboxylic acids is 2. The lowest BCUT2D eigenvalue weighted by molar-refractivity contribution is -0.173. The quantitative estimate of drug-likeness (QED) is 0.798. The van der Waals surface area contributed by atoms with Crippen molar-refractivity contribution in [2.75, 3.05) is 20.7 Å². The summed E-state index contributed by atoms with van der Waals surface area (Å²) >= 11 is 0. The van der Waals surface area contributed by atoms with E-state index in [1.54, 1.807) is 7.05 Å². The third-order valence-electron chi connectivity index (χ3n) is 4.07. The number of carbonyl (C=O) groups is 2. The monoisotopic (exact) mass is 334 g/mol. The second-order valence-electron chi connectivity index (χ2n) is 7.01. The van der Waals surface area contributed by atoms with E-state index in [-0.39, 0.29) is 11.8 Å². The number of likely N-dealkylation sites (N-methyl/N-ethyl adjacent to an activating group) is 1. The van der Waals surface area contributed by atoms with Gasteiger partial charge in [0.2, 0.25) is 0 Å². The molecule has 0 bridgehead atoms. The van der Waals surface area contributed by atoms with Crippen molar-refractivity contribution in [3.8, 4) is 0 Å². The van der Waals surface area contributed by atoms with Gasteiger partial charge in [-0.25, -0.2) is 9.86 Å². The second-order valence-corrected chi connectivity index (χ2v) is 7.01. The normalized spacial score (nSPS) is 20.8. The molecule has 0 saturated carbocycles. The lowest BCUT2D eigenvalue weighted by Crippen LogP contribution is -2.47. The van der Waals surface area contributed by atoms with Crippen LogP contribution >= 0.6 is 0 Å². The van der Waals surface area contributed by atoms with Crippen LogP contribution in [0.15, 0.2) is 30.3 Å². The first kappa shape index (κ1) is 18.3. The lowest BCUT2D eigenvalue weighted by atomic mass is 9.96. The average Bonchev–Trinajstić information content (AvgIpc) is 2.98. The SMILES string of the molecule is CON(C)C(=O)[C@@H]1C[C@@H](c2ccccc2)CN1C(=O)OC(C)(C)C. The summed E-state index contributed by atoms with van der Waals surface area (Å²) in [6.45, 7) is 5.89. The van der Waals surface area contributed by atoms with Gasteiger partial charge in [-0.05, 0) is 32.8 Å². The van der Waals surface area contributed by atoms with Crippen LogP contribution in [0.5, 0.6) is 0 Å². The molecule has 1 aliphatic rings. The number of ether oxygens (including phenoxy) is 1. The molecule has 132 valence electrons.